The highest BCUT2D eigenvalue weighted by atomic mass is 35.5. The van der Waals surface area contributed by atoms with Crippen LogP contribution in [0.3, 0.4) is 0 Å². The molecule has 1 fully saturated rings. The summed E-state index contributed by atoms with van der Waals surface area (Å²) in [5.74, 6) is -6.41. The first-order chi connectivity index (χ1) is 9.57. The van der Waals surface area contributed by atoms with Gasteiger partial charge >= 0.3 is 7.67 Å². The van der Waals surface area contributed by atoms with Crippen LogP contribution in [0.4, 0.5) is 0 Å². The fraction of sp³-hybridized carbons (Fsp3) is 1.00. The van der Waals surface area contributed by atoms with Gasteiger partial charge in [0, 0.05) is 42.2 Å². The lowest BCUT2D eigenvalue weighted by atomic mass is 10.5. The Labute approximate surface area is 106 Å². The maximum atomic E-state index is 12.8. The Hall–Kier alpha value is 0.690. The van der Waals surface area contributed by atoms with E-state index in [-0.39, 0.29) is 17.8 Å². The lowest BCUT2D eigenvalue weighted by Gasteiger charge is -2.33. The van der Waals surface area contributed by atoms with Gasteiger partial charge in [-0.2, -0.15) is 0 Å². The SMILES string of the molecule is [2H]C([2H])(Cl)C([3H])([3H])N(C([3H])([3H])C([2H])([2H])Cl)P1(=O)NCCCO1. The molecule has 1 heterocycles. The number of rotatable bonds is 5. The number of nitrogens with one attached hydrogen (secondary N) is 1. The first-order valence-corrected chi connectivity index (χ1v) is 6.09. The fourth-order valence-corrected chi connectivity index (χ4v) is 2.71. The van der Waals surface area contributed by atoms with Crippen LogP contribution in [0.15, 0.2) is 0 Å². The molecule has 4 nitrogen and oxygen atoms in total. The van der Waals surface area contributed by atoms with Crippen LogP contribution < -0.4 is 5.09 Å². The average molecular weight is 273 g/mol. The van der Waals surface area contributed by atoms with Gasteiger partial charge in [-0.05, 0) is 6.42 Å². The highest BCUT2D eigenvalue weighted by Gasteiger charge is 2.32. The molecular formula is C7H15Cl2N2O2P. The molecule has 1 aliphatic heterocycles. The van der Waals surface area contributed by atoms with Crippen molar-refractivity contribution in [1.82, 2.24) is 9.76 Å². The fourth-order valence-electron chi connectivity index (χ4n) is 0.895. The molecule has 1 saturated heterocycles. The third kappa shape index (κ3) is 3.37. The Morgan fingerprint density at radius 3 is 2.71 bits per heavy atom. The van der Waals surface area contributed by atoms with E-state index >= 15 is 0 Å². The Morgan fingerprint density at radius 2 is 2.29 bits per heavy atom. The summed E-state index contributed by atoms with van der Waals surface area (Å²) in [6, 6.07) is 0. The molecule has 1 unspecified atom stereocenters. The van der Waals surface area contributed by atoms with Gasteiger partial charge in [0.2, 0.25) is 0 Å². The van der Waals surface area contributed by atoms with Gasteiger partial charge in [-0.1, -0.05) is 0 Å². The third-order valence-corrected chi connectivity index (χ3v) is 3.51. The smallest absolute Gasteiger partial charge is 0.306 e. The largest absolute Gasteiger partial charge is 0.343 e. The molecule has 7 heteroatoms. The molecule has 0 saturated carbocycles. The number of halogens is 2. The zero-order chi connectivity index (χ0) is 17.6. The topological polar surface area (TPSA) is 41.6 Å². The van der Waals surface area contributed by atoms with Crippen molar-refractivity contribution in [3.05, 3.63) is 0 Å². The van der Waals surface area contributed by atoms with E-state index in [0.29, 0.717) is 6.42 Å². The monoisotopic (exact) mass is 272 g/mol. The van der Waals surface area contributed by atoms with E-state index in [0.717, 1.165) is 0 Å². The Bertz CT molecular complexity index is 432. The van der Waals surface area contributed by atoms with Crippen molar-refractivity contribution in [3.8, 4) is 0 Å². The predicted molar refractivity (Wildman–Crippen MR) is 59.2 cm³/mol. The second kappa shape index (κ2) is 6.31. The van der Waals surface area contributed by atoms with E-state index in [1.165, 1.54) is 0 Å². The van der Waals surface area contributed by atoms with Gasteiger partial charge in [-0.25, -0.2) is 9.76 Å². The summed E-state index contributed by atoms with van der Waals surface area (Å²) in [4.78, 5) is 0. The van der Waals surface area contributed by atoms with Gasteiger partial charge in [-0.3, -0.25) is 4.57 Å². The summed E-state index contributed by atoms with van der Waals surface area (Å²) < 4.78 is 77.9. The van der Waals surface area contributed by atoms with Crippen LogP contribution in [0.1, 0.15) is 17.4 Å². The molecule has 84 valence electrons. The van der Waals surface area contributed by atoms with E-state index < -0.39 is 32.3 Å². The van der Waals surface area contributed by atoms with Gasteiger partial charge in [-0.15, -0.1) is 23.2 Å². The normalized spacial score (nSPS) is 40.8. The summed E-state index contributed by atoms with van der Waals surface area (Å²) >= 11 is 10.7. The second-order valence-corrected chi connectivity index (χ2v) is 4.73. The van der Waals surface area contributed by atoms with Gasteiger partial charge in [0.15, 0.2) is 0 Å². The van der Waals surface area contributed by atoms with Crippen molar-refractivity contribution in [2.75, 3.05) is 37.8 Å². The van der Waals surface area contributed by atoms with E-state index in [2.05, 4.69) is 5.09 Å². The molecule has 0 bridgehead atoms. The Kier molecular flexibility index (Phi) is 2.41. The standard InChI is InChI=1S/C7H15Cl2N2O2P/c8-2-5-11(6-3-9)14(12)10-4-1-7-13-14/h1-7H2,(H,10,12)/i2D2,3D2,5T2,6T2. The quantitative estimate of drug-likeness (QED) is 0.613. The highest BCUT2D eigenvalue weighted by molar-refractivity contribution is 7.54. The van der Waals surface area contributed by atoms with Crippen LogP contribution in [-0.2, 0) is 9.09 Å². The zero-order valence-electron chi connectivity index (χ0n) is 15.1. The molecule has 0 aromatic rings. The number of alkyl halides is 2. The van der Waals surface area contributed by atoms with Crippen molar-refractivity contribution in [1.29, 1.82) is 0 Å². The van der Waals surface area contributed by atoms with Gasteiger partial charge < -0.3 is 4.52 Å². The van der Waals surface area contributed by atoms with Crippen LogP contribution in [0.5, 0.6) is 0 Å². The summed E-state index contributed by atoms with van der Waals surface area (Å²) in [5.41, 5.74) is 0. The molecule has 14 heavy (non-hydrogen) atoms. The number of nitrogens with zero attached hydrogens (tertiary/aromatic N) is 1. The van der Waals surface area contributed by atoms with Crippen molar-refractivity contribution >= 4 is 30.9 Å². The van der Waals surface area contributed by atoms with Crippen LogP contribution in [-0.4, -0.2) is 42.5 Å². The summed E-state index contributed by atoms with van der Waals surface area (Å²) in [7, 11) is -4.48. The van der Waals surface area contributed by atoms with Crippen molar-refractivity contribution in [2.24, 2.45) is 0 Å². The van der Waals surface area contributed by atoms with Gasteiger partial charge in [0.05, 0.1) is 6.61 Å². The third-order valence-electron chi connectivity index (χ3n) is 1.46. The highest BCUT2D eigenvalue weighted by Crippen LogP contribution is 2.47. The maximum absolute atomic E-state index is 12.8. The van der Waals surface area contributed by atoms with Crippen LogP contribution in [0.25, 0.3) is 0 Å². The van der Waals surface area contributed by atoms with E-state index in [4.69, 9.17) is 38.7 Å². The maximum Gasteiger partial charge on any atom is 0.343 e. The molecule has 0 amide bonds. The minimum Gasteiger partial charge on any atom is -0.306 e. The van der Waals surface area contributed by atoms with E-state index in [9.17, 15) is 4.57 Å². The molecule has 0 aromatic heterocycles. The average Bonchev–Trinajstić information content (AvgIpc) is 2.25. The second-order valence-electron chi connectivity index (χ2n) is 2.34. The molecule has 1 atom stereocenters. The predicted octanol–water partition coefficient (Wildman–Crippen LogP) is 1.88. The molecule has 0 aliphatic carbocycles. The first-order valence-electron chi connectivity index (χ1n) is 7.76. The minimum absolute atomic E-state index is 0.0799. The Morgan fingerprint density at radius 1 is 1.64 bits per heavy atom. The first kappa shape index (κ1) is 5.35. The van der Waals surface area contributed by atoms with Crippen molar-refractivity contribution in [3.63, 3.8) is 0 Å². The van der Waals surface area contributed by atoms with Gasteiger partial charge in [0.1, 0.15) is 0 Å². The van der Waals surface area contributed by atoms with E-state index in [1.807, 2.05) is 0 Å². The molecular weight excluding hydrogens is 246 g/mol. The van der Waals surface area contributed by atoms with Crippen LogP contribution in [0.2, 0.25) is 0 Å². The summed E-state index contributed by atoms with van der Waals surface area (Å²) in [5, 5.41) is 2.28. The van der Waals surface area contributed by atoms with Crippen molar-refractivity contribution < 1.29 is 20.1 Å². The minimum atomic E-state index is -4.48. The van der Waals surface area contributed by atoms with Crippen LogP contribution in [0, 0.1) is 0 Å². The molecule has 1 aliphatic rings. The zero-order valence-corrected chi connectivity index (χ0v) is 9.49. The van der Waals surface area contributed by atoms with Crippen LogP contribution >= 0.6 is 30.9 Å². The molecule has 1 N–H and O–H groups in total. The molecule has 0 radical (unpaired) electrons. The number of hydrogen-bond donors (Lipinski definition) is 1. The van der Waals surface area contributed by atoms with Gasteiger partial charge in [0.25, 0.3) is 0 Å². The molecule has 0 spiro atoms. The van der Waals surface area contributed by atoms with E-state index in [1.54, 1.807) is 0 Å². The van der Waals surface area contributed by atoms with Crippen molar-refractivity contribution in [2.45, 2.75) is 6.42 Å². The molecule has 1 rings (SSSR count). The Balaban J connectivity index is 3.50. The summed E-state index contributed by atoms with van der Waals surface area (Å²) in [6.07, 6.45) is 0.408. The lowest BCUT2D eigenvalue weighted by molar-refractivity contribution is 0.233. The summed E-state index contributed by atoms with van der Waals surface area (Å²) in [6.45, 7) is -6.83. The lowest BCUT2D eigenvalue weighted by Crippen LogP contribution is -2.35. The number of hydrogen-bond acceptors (Lipinski definition) is 2. The molecule has 0 aromatic carbocycles.